The van der Waals surface area contributed by atoms with Gasteiger partial charge < -0.3 is 4.81 Å². The average Bonchev–Trinajstić information content (AvgIpc) is 1.83. The topological polar surface area (TPSA) is 20.3 Å². The van der Waals surface area contributed by atoms with Crippen LogP contribution in [0.3, 0.4) is 0 Å². The van der Waals surface area contributed by atoms with Crippen LogP contribution in [0.1, 0.15) is 13.8 Å². The first kappa shape index (κ1) is 5.67. The van der Waals surface area contributed by atoms with E-state index in [2.05, 4.69) is 0 Å². The molecule has 0 saturated carbocycles. The lowest BCUT2D eigenvalue weighted by atomic mass is 9.87. The number of rotatable bonds is 0. The second kappa shape index (κ2) is 1.50. The number of carbonyl (C=O) groups is 1. The van der Waals surface area contributed by atoms with Crippen molar-refractivity contribution in [2.45, 2.75) is 19.9 Å². The molecule has 0 bridgehead atoms. The highest BCUT2D eigenvalue weighted by atomic mass is 16.2. The summed E-state index contributed by atoms with van der Waals surface area (Å²) < 4.78 is 0. The van der Waals surface area contributed by atoms with E-state index < -0.39 is 0 Å². The van der Waals surface area contributed by atoms with Crippen molar-refractivity contribution in [3.63, 3.8) is 0 Å². The normalized spacial score (nSPS) is 37.2. The Hall–Kier alpha value is -0.465. The van der Waals surface area contributed by atoms with E-state index in [0.717, 1.165) is 0 Å². The van der Waals surface area contributed by atoms with Gasteiger partial charge in [-0.05, 0) is 6.92 Å². The van der Waals surface area contributed by atoms with Gasteiger partial charge in [0.05, 0.1) is 5.92 Å². The van der Waals surface area contributed by atoms with Gasteiger partial charge in [0.25, 0.3) is 0 Å². The van der Waals surface area contributed by atoms with Gasteiger partial charge in [-0.3, -0.25) is 4.79 Å². The molecule has 42 valence electrons. The number of hydrogen-bond acceptors (Lipinski definition) is 1. The predicted molar refractivity (Wildman–Crippen MR) is 31.2 cm³/mol. The molecule has 1 heterocycles. The molecule has 1 rings (SSSR count). The number of nitrogens with zero attached hydrogens (tertiary/aromatic N) is 1. The summed E-state index contributed by atoms with van der Waals surface area (Å²) in [6, 6.07) is 0.238. The maximum atomic E-state index is 10.6. The molecule has 1 fully saturated rings. The van der Waals surface area contributed by atoms with Crippen molar-refractivity contribution in [3.05, 3.63) is 0 Å². The van der Waals surface area contributed by atoms with Crippen molar-refractivity contribution in [2.75, 3.05) is 0 Å². The molecule has 0 spiro atoms. The monoisotopic (exact) mass is 109 g/mol. The average molecular weight is 109 g/mol. The fourth-order valence-electron chi connectivity index (χ4n) is 0.801. The van der Waals surface area contributed by atoms with Crippen LogP contribution in [0.15, 0.2) is 0 Å². The van der Waals surface area contributed by atoms with Gasteiger partial charge in [-0.25, -0.2) is 0 Å². The second-order valence-electron chi connectivity index (χ2n) is 2.27. The zero-order valence-corrected chi connectivity index (χ0v) is 5.09. The predicted octanol–water partition coefficient (Wildman–Crippen LogP) is -0.0633. The third-order valence-electron chi connectivity index (χ3n) is 1.81. The molecule has 3 heteroatoms. The number of amides is 1. The van der Waals surface area contributed by atoms with Gasteiger partial charge in [0.1, 0.15) is 0 Å². The molecule has 1 aliphatic rings. The highest BCUT2D eigenvalue weighted by Crippen LogP contribution is 2.21. The zero-order valence-electron chi connectivity index (χ0n) is 5.09. The highest BCUT2D eigenvalue weighted by molar-refractivity contribution is 6.17. The van der Waals surface area contributed by atoms with Crippen LogP contribution in [0.4, 0.5) is 0 Å². The number of hydrogen-bond donors (Lipinski definition) is 0. The Labute approximate surface area is 50.3 Å². The quantitative estimate of drug-likeness (QED) is 0.315. The van der Waals surface area contributed by atoms with Crippen molar-refractivity contribution < 1.29 is 4.79 Å². The largest absolute Gasteiger partial charge is 0.393 e. The molecular weight excluding hydrogens is 101 g/mol. The SMILES string of the molecule is [B]N1C(=O)C(C)C1C. The van der Waals surface area contributed by atoms with Crippen LogP contribution >= 0.6 is 0 Å². The Kier molecular flexibility index (Phi) is 1.07. The fraction of sp³-hybridized carbons (Fsp3) is 0.800. The standard InChI is InChI=1S/C5H8BNO/c1-3-4(2)7(6)5(3)8/h3-4H,1-2H3. The molecule has 2 unspecified atom stereocenters. The van der Waals surface area contributed by atoms with E-state index in [1.54, 1.807) is 0 Å². The summed E-state index contributed by atoms with van der Waals surface area (Å²) in [6.45, 7) is 3.82. The van der Waals surface area contributed by atoms with Crippen LogP contribution in [0.25, 0.3) is 0 Å². The fourth-order valence-corrected chi connectivity index (χ4v) is 0.801. The molecule has 0 aromatic carbocycles. The lowest BCUT2D eigenvalue weighted by Crippen LogP contribution is -2.56. The molecule has 1 amide bonds. The van der Waals surface area contributed by atoms with Crippen molar-refractivity contribution in [2.24, 2.45) is 5.92 Å². The first-order valence-corrected chi connectivity index (χ1v) is 2.72. The molecular formula is C5H8BNO. The Morgan fingerprint density at radius 1 is 1.62 bits per heavy atom. The second-order valence-corrected chi connectivity index (χ2v) is 2.27. The summed E-state index contributed by atoms with van der Waals surface area (Å²) in [4.78, 5) is 11.8. The molecule has 0 aromatic rings. The van der Waals surface area contributed by atoms with Crippen molar-refractivity contribution >= 4 is 13.9 Å². The van der Waals surface area contributed by atoms with Crippen molar-refractivity contribution in [1.82, 2.24) is 4.81 Å². The molecule has 0 N–H and O–H groups in total. The van der Waals surface area contributed by atoms with Crippen LogP contribution in [0.5, 0.6) is 0 Å². The van der Waals surface area contributed by atoms with E-state index in [9.17, 15) is 4.79 Å². The van der Waals surface area contributed by atoms with Gasteiger partial charge in [0, 0.05) is 6.04 Å². The molecule has 1 saturated heterocycles. The highest BCUT2D eigenvalue weighted by Gasteiger charge is 2.36. The third-order valence-corrected chi connectivity index (χ3v) is 1.81. The van der Waals surface area contributed by atoms with E-state index in [0.29, 0.717) is 0 Å². The maximum Gasteiger partial charge on any atom is 0.230 e. The Morgan fingerprint density at radius 3 is 2.25 bits per heavy atom. The van der Waals surface area contributed by atoms with Gasteiger partial charge in [0.2, 0.25) is 13.9 Å². The van der Waals surface area contributed by atoms with Gasteiger partial charge in [-0.15, -0.1) is 0 Å². The summed E-state index contributed by atoms with van der Waals surface area (Å²) >= 11 is 0. The molecule has 0 aromatic heterocycles. The molecule has 2 atom stereocenters. The van der Waals surface area contributed by atoms with E-state index in [-0.39, 0.29) is 17.9 Å². The van der Waals surface area contributed by atoms with Crippen LogP contribution in [-0.2, 0) is 4.79 Å². The molecule has 2 nitrogen and oxygen atoms in total. The summed E-state index contributed by atoms with van der Waals surface area (Å²) in [7, 11) is 5.24. The maximum absolute atomic E-state index is 10.6. The molecule has 1 aliphatic heterocycles. The number of carbonyl (C=O) groups excluding carboxylic acids is 1. The lowest BCUT2D eigenvalue weighted by molar-refractivity contribution is -0.144. The van der Waals surface area contributed by atoms with Crippen LogP contribution in [0, 0.1) is 5.92 Å². The minimum Gasteiger partial charge on any atom is -0.393 e. The zero-order chi connectivity index (χ0) is 6.31. The number of β-lactam (4-membered cyclic amide) rings is 1. The molecule has 8 heavy (non-hydrogen) atoms. The first-order valence-electron chi connectivity index (χ1n) is 2.72. The van der Waals surface area contributed by atoms with Crippen LogP contribution in [0.2, 0.25) is 0 Å². The minimum absolute atomic E-state index is 0.0532. The summed E-state index contributed by atoms with van der Waals surface area (Å²) in [5.41, 5.74) is 0. The Balaban J connectivity index is 2.55. The Morgan fingerprint density at radius 2 is 2.12 bits per heavy atom. The minimum atomic E-state index is 0.0532. The lowest BCUT2D eigenvalue weighted by Gasteiger charge is -2.41. The van der Waals surface area contributed by atoms with Gasteiger partial charge in [0.15, 0.2) is 0 Å². The van der Waals surface area contributed by atoms with E-state index >= 15 is 0 Å². The summed E-state index contributed by atoms with van der Waals surface area (Å²) in [5, 5.41) is 0. The first-order chi connectivity index (χ1) is 3.64. The van der Waals surface area contributed by atoms with E-state index in [1.807, 2.05) is 13.8 Å². The summed E-state index contributed by atoms with van der Waals surface area (Å²) in [5.74, 6) is 0.192. The van der Waals surface area contributed by atoms with E-state index in [1.165, 1.54) is 4.81 Å². The summed E-state index contributed by atoms with van der Waals surface area (Å²) in [6.07, 6.45) is 0. The molecule has 2 radical (unpaired) electrons. The van der Waals surface area contributed by atoms with Crippen molar-refractivity contribution in [1.29, 1.82) is 0 Å². The van der Waals surface area contributed by atoms with Gasteiger partial charge in [-0.1, -0.05) is 6.92 Å². The third kappa shape index (κ3) is 0.472. The Bertz CT molecular complexity index is 114. The van der Waals surface area contributed by atoms with Crippen LogP contribution < -0.4 is 0 Å². The smallest absolute Gasteiger partial charge is 0.230 e. The van der Waals surface area contributed by atoms with Gasteiger partial charge >= 0.3 is 0 Å². The van der Waals surface area contributed by atoms with Crippen LogP contribution in [-0.4, -0.2) is 24.7 Å². The van der Waals surface area contributed by atoms with E-state index in [4.69, 9.17) is 7.98 Å². The van der Waals surface area contributed by atoms with Gasteiger partial charge in [-0.2, -0.15) is 0 Å². The molecule has 0 aliphatic carbocycles. The van der Waals surface area contributed by atoms with Crippen molar-refractivity contribution in [3.8, 4) is 0 Å².